The topological polar surface area (TPSA) is 52.6 Å². The average molecular weight is 304 g/mol. The zero-order chi connectivity index (χ0) is 15.9. The molecule has 0 aliphatic rings. The zero-order valence-electron chi connectivity index (χ0n) is 11.4. The highest BCUT2D eigenvalue weighted by molar-refractivity contribution is 5.96. The fourth-order valence-corrected chi connectivity index (χ4v) is 1.64. The lowest BCUT2D eigenvalue weighted by atomic mass is 10.0. The number of benzene rings is 1. The molecule has 0 aliphatic heterocycles. The van der Waals surface area contributed by atoms with E-state index >= 15 is 0 Å². The van der Waals surface area contributed by atoms with Crippen molar-refractivity contribution >= 4 is 11.8 Å². The van der Waals surface area contributed by atoms with E-state index in [1.807, 2.05) is 0 Å². The molecule has 0 spiro atoms. The molecule has 0 radical (unpaired) electrons. The summed E-state index contributed by atoms with van der Waals surface area (Å²) in [6.45, 7) is 0. The Morgan fingerprint density at radius 3 is 2.14 bits per heavy atom. The van der Waals surface area contributed by atoms with E-state index in [1.54, 1.807) is 0 Å². The van der Waals surface area contributed by atoms with Crippen molar-refractivity contribution in [3.05, 3.63) is 29.8 Å². The highest BCUT2D eigenvalue weighted by atomic mass is 19.4. The number of hydrogen-bond acceptors (Lipinski definition) is 4. The zero-order valence-corrected chi connectivity index (χ0v) is 11.4. The predicted octanol–water partition coefficient (Wildman–Crippen LogP) is 3.50. The van der Waals surface area contributed by atoms with Gasteiger partial charge in [-0.2, -0.15) is 0 Å². The van der Waals surface area contributed by atoms with Crippen LogP contribution in [0.5, 0.6) is 5.75 Å². The van der Waals surface area contributed by atoms with Crippen LogP contribution in [0, 0.1) is 0 Å². The molecule has 0 atom stereocenters. The van der Waals surface area contributed by atoms with Gasteiger partial charge in [-0.3, -0.25) is 9.59 Å². The number of alkyl halides is 3. The second-order valence-electron chi connectivity index (χ2n) is 4.28. The maximum atomic E-state index is 12.0. The van der Waals surface area contributed by atoms with Gasteiger partial charge in [-0.15, -0.1) is 13.2 Å². The van der Waals surface area contributed by atoms with Gasteiger partial charge in [-0.1, -0.05) is 0 Å². The highest BCUT2D eigenvalue weighted by Crippen LogP contribution is 2.23. The number of carbonyl (C=O) groups excluding carboxylic acids is 2. The summed E-state index contributed by atoms with van der Waals surface area (Å²) < 4.78 is 44.1. The predicted molar refractivity (Wildman–Crippen MR) is 67.9 cm³/mol. The van der Waals surface area contributed by atoms with Gasteiger partial charge >= 0.3 is 12.3 Å². The van der Waals surface area contributed by atoms with Gasteiger partial charge < -0.3 is 9.47 Å². The fraction of sp³-hybridized carbons (Fsp3) is 0.429. The number of rotatable bonds is 7. The largest absolute Gasteiger partial charge is 0.573 e. The first-order valence-corrected chi connectivity index (χ1v) is 6.27. The van der Waals surface area contributed by atoms with Gasteiger partial charge in [-0.25, -0.2) is 0 Å². The third-order valence-corrected chi connectivity index (χ3v) is 2.67. The minimum absolute atomic E-state index is 0.196. The van der Waals surface area contributed by atoms with E-state index in [-0.39, 0.29) is 30.3 Å². The molecule has 1 aromatic carbocycles. The fourth-order valence-electron chi connectivity index (χ4n) is 1.64. The van der Waals surface area contributed by atoms with Crippen molar-refractivity contribution in [3.63, 3.8) is 0 Å². The Labute approximate surface area is 119 Å². The number of ether oxygens (including phenoxy) is 2. The number of unbranched alkanes of at least 4 members (excludes halogenated alkanes) is 1. The summed E-state index contributed by atoms with van der Waals surface area (Å²) in [6.07, 6.45) is -3.26. The molecule has 0 heterocycles. The maximum absolute atomic E-state index is 12.0. The van der Waals surface area contributed by atoms with Gasteiger partial charge in [0.15, 0.2) is 5.78 Å². The SMILES string of the molecule is COC(=O)CCCCC(=O)c1ccc(OC(F)(F)F)cc1. The Bertz CT molecular complexity index is 480. The minimum atomic E-state index is -4.75. The minimum Gasteiger partial charge on any atom is -0.469 e. The molecular formula is C14H15F3O4. The Hall–Kier alpha value is -2.05. The highest BCUT2D eigenvalue weighted by Gasteiger charge is 2.31. The Morgan fingerprint density at radius 2 is 1.62 bits per heavy atom. The van der Waals surface area contributed by atoms with Gasteiger partial charge in [0.05, 0.1) is 7.11 Å². The second-order valence-corrected chi connectivity index (χ2v) is 4.28. The van der Waals surface area contributed by atoms with Crippen LogP contribution in [0.4, 0.5) is 13.2 Å². The lowest BCUT2D eigenvalue weighted by Crippen LogP contribution is -2.17. The molecule has 0 saturated heterocycles. The Kier molecular flexibility index (Phi) is 6.20. The number of ketones is 1. The first kappa shape index (κ1) is 17.0. The van der Waals surface area contributed by atoms with Crippen molar-refractivity contribution in [3.8, 4) is 5.75 Å². The molecule has 0 N–H and O–H groups in total. The van der Waals surface area contributed by atoms with E-state index in [4.69, 9.17) is 0 Å². The molecule has 0 bridgehead atoms. The number of halogens is 3. The number of methoxy groups -OCH3 is 1. The third-order valence-electron chi connectivity index (χ3n) is 2.67. The molecule has 21 heavy (non-hydrogen) atoms. The monoisotopic (exact) mass is 304 g/mol. The van der Waals surface area contributed by atoms with Crippen molar-refractivity contribution in [1.82, 2.24) is 0 Å². The van der Waals surface area contributed by atoms with Crippen molar-refractivity contribution < 1.29 is 32.2 Å². The number of esters is 1. The first-order valence-electron chi connectivity index (χ1n) is 6.27. The average Bonchev–Trinajstić information content (AvgIpc) is 2.42. The molecular weight excluding hydrogens is 289 g/mol. The molecule has 4 nitrogen and oxygen atoms in total. The van der Waals surface area contributed by atoms with Crippen LogP contribution < -0.4 is 4.74 Å². The van der Waals surface area contributed by atoms with E-state index < -0.39 is 6.36 Å². The molecule has 0 amide bonds. The van der Waals surface area contributed by atoms with Crippen LogP contribution in [0.1, 0.15) is 36.0 Å². The van der Waals surface area contributed by atoms with E-state index in [1.165, 1.54) is 19.2 Å². The van der Waals surface area contributed by atoms with E-state index in [9.17, 15) is 22.8 Å². The molecule has 116 valence electrons. The Balaban J connectivity index is 2.43. The molecule has 0 unspecified atom stereocenters. The van der Waals surface area contributed by atoms with Gasteiger partial charge in [0, 0.05) is 18.4 Å². The molecule has 0 aliphatic carbocycles. The third kappa shape index (κ3) is 6.78. The number of Topliss-reactive ketones (excluding diaryl/α,β-unsaturated/α-hetero) is 1. The summed E-state index contributed by atoms with van der Waals surface area (Å²) in [4.78, 5) is 22.6. The van der Waals surface area contributed by atoms with Crippen molar-refractivity contribution in [1.29, 1.82) is 0 Å². The van der Waals surface area contributed by atoms with Crippen LogP contribution in [0.3, 0.4) is 0 Å². The quantitative estimate of drug-likeness (QED) is 0.439. The number of hydrogen-bond donors (Lipinski definition) is 0. The summed E-state index contributed by atoms with van der Waals surface area (Å²) in [5.41, 5.74) is 0.308. The summed E-state index contributed by atoms with van der Waals surface area (Å²) in [6, 6.07) is 4.75. The summed E-state index contributed by atoms with van der Waals surface area (Å²) in [7, 11) is 1.29. The normalized spacial score (nSPS) is 11.0. The van der Waals surface area contributed by atoms with Crippen LogP contribution >= 0.6 is 0 Å². The van der Waals surface area contributed by atoms with Crippen LogP contribution in [-0.2, 0) is 9.53 Å². The molecule has 0 aromatic heterocycles. The lowest BCUT2D eigenvalue weighted by Gasteiger charge is -2.09. The molecule has 1 aromatic rings. The maximum Gasteiger partial charge on any atom is 0.573 e. The molecule has 1 rings (SSSR count). The van der Waals surface area contributed by atoms with Gasteiger partial charge in [0.2, 0.25) is 0 Å². The van der Waals surface area contributed by atoms with E-state index in [0.717, 1.165) is 12.1 Å². The number of carbonyl (C=O) groups is 2. The molecule has 7 heteroatoms. The standard InChI is InChI=1S/C14H15F3O4/c1-20-13(19)5-3-2-4-12(18)10-6-8-11(9-7-10)21-14(15,16)17/h6-9H,2-5H2,1H3. The second kappa shape index (κ2) is 7.66. The Morgan fingerprint density at radius 1 is 1.05 bits per heavy atom. The van der Waals surface area contributed by atoms with Crippen molar-refractivity contribution in [2.45, 2.75) is 32.0 Å². The smallest absolute Gasteiger partial charge is 0.469 e. The summed E-state index contributed by atoms with van der Waals surface area (Å²) >= 11 is 0. The lowest BCUT2D eigenvalue weighted by molar-refractivity contribution is -0.274. The van der Waals surface area contributed by atoms with Crippen LogP contribution in [0.2, 0.25) is 0 Å². The van der Waals surface area contributed by atoms with E-state index in [0.29, 0.717) is 18.4 Å². The van der Waals surface area contributed by atoms with Gasteiger partial charge in [0.1, 0.15) is 5.75 Å². The first-order chi connectivity index (χ1) is 9.81. The molecule has 0 saturated carbocycles. The van der Waals surface area contributed by atoms with Crippen molar-refractivity contribution in [2.24, 2.45) is 0 Å². The van der Waals surface area contributed by atoms with Crippen molar-refractivity contribution in [2.75, 3.05) is 7.11 Å². The summed E-state index contributed by atoms with van der Waals surface area (Å²) in [5, 5.41) is 0. The van der Waals surface area contributed by atoms with Crippen LogP contribution in [0.15, 0.2) is 24.3 Å². The van der Waals surface area contributed by atoms with Gasteiger partial charge in [0.25, 0.3) is 0 Å². The van der Waals surface area contributed by atoms with E-state index in [2.05, 4.69) is 9.47 Å². The van der Waals surface area contributed by atoms with Crippen LogP contribution in [-0.4, -0.2) is 25.2 Å². The van der Waals surface area contributed by atoms with Gasteiger partial charge in [-0.05, 0) is 37.1 Å². The summed E-state index contributed by atoms with van der Waals surface area (Å²) in [5.74, 6) is -0.903. The van der Waals surface area contributed by atoms with Crippen LogP contribution in [0.25, 0.3) is 0 Å². The molecule has 0 fully saturated rings.